The summed E-state index contributed by atoms with van der Waals surface area (Å²) in [6, 6.07) is 13.1. The molecule has 16 heteroatoms. The van der Waals surface area contributed by atoms with Gasteiger partial charge in [0.15, 0.2) is 5.82 Å². The summed E-state index contributed by atoms with van der Waals surface area (Å²) in [6.07, 6.45) is 5.49. The zero-order valence-electron chi connectivity index (χ0n) is 21.6. The number of hydrogen-bond donors (Lipinski definition) is 2. The van der Waals surface area contributed by atoms with E-state index in [4.69, 9.17) is 26.9 Å². The van der Waals surface area contributed by atoms with Crippen molar-refractivity contribution < 1.29 is 22.1 Å². The molecule has 41 heavy (non-hydrogen) atoms. The van der Waals surface area contributed by atoms with Crippen LogP contribution in [0.3, 0.4) is 0 Å². The summed E-state index contributed by atoms with van der Waals surface area (Å²) in [7, 11) is -3.99. The molecule has 0 saturated heterocycles. The SMILES string of the molecule is C=C(OC(/C=C/S(=O)(=O)Nc1nnc(-c2ccc(S(C)=O)cn2)n1-c1ccccc1Cl)=N\N)c1ccnc(OC)c1. The predicted molar refractivity (Wildman–Crippen MR) is 156 cm³/mol. The Morgan fingerprint density at radius 1 is 1.20 bits per heavy atom. The van der Waals surface area contributed by atoms with Crippen LogP contribution in [0.1, 0.15) is 5.56 Å². The Morgan fingerprint density at radius 3 is 2.63 bits per heavy atom. The lowest BCUT2D eigenvalue weighted by molar-refractivity contribution is 0.397. The van der Waals surface area contributed by atoms with Crippen LogP contribution >= 0.6 is 11.6 Å². The summed E-state index contributed by atoms with van der Waals surface area (Å²) in [4.78, 5) is 8.82. The minimum atomic E-state index is -4.21. The number of nitrogens with two attached hydrogens (primary N) is 1. The molecule has 212 valence electrons. The molecule has 4 aromatic rings. The number of sulfonamides is 1. The third-order valence-corrected chi connectivity index (χ3v) is 7.48. The van der Waals surface area contributed by atoms with Crippen molar-refractivity contribution in [1.29, 1.82) is 0 Å². The maximum absolute atomic E-state index is 13.0. The number of hydrogen-bond acceptors (Lipinski definition) is 11. The molecule has 1 atom stereocenters. The zero-order chi connectivity index (χ0) is 29.6. The molecule has 0 aliphatic rings. The van der Waals surface area contributed by atoms with E-state index in [2.05, 4.69) is 36.6 Å². The number of pyridine rings is 2. The van der Waals surface area contributed by atoms with Gasteiger partial charge in [-0.2, -0.15) is 0 Å². The van der Waals surface area contributed by atoms with Crippen LogP contribution in [0.5, 0.6) is 5.88 Å². The molecule has 3 N–H and O–H groups in total. The third kappa shape index (κ3) is 7.13. The quantitative estimate of drug-likeness (QED) is 0.0885. The number of hydrazone groups is 1. The van der Waals surface area contributed by atoms with Crippen LogP contribution in [-0.2, 0) is 25.6 Å². The number of rotatable bonds is 10. The van der Waals surface area contributed by atoms with Gasteiger partial charge in [-0.3, -0.25) is 13.8 Å². The van der Waals surface area contributed by atoms with Gasteiger partial charge in [0.1, 0.15) is 11.5 Å². The molecular formula is C25H23ClN8O5S2. The molecule has 4 rings (SSSR count). The lowest BCUT2D eigenvalue weighted by Gasteiger charge is -2.12. The fourth-order valence-electron chi connectivity index (χ4n) is 3.35. The number of nitrogens with zero attached hydrogens (tertiary/aromatic N) is 6. The number of methoxy groups -OCH3 is 1. The average molecular weight is 615 g/mol. The highest BCUT2D eigenvalue weighted by molar-refractivity contribution is 7.95. The van der Waals surface area contributed by atoms with E-state index in [0.717, 1.165) is 11.5 Å². The number of ether oxygens (including phenoxy) is 2. The summed E-state index contributed by atoms with van der Waals surface area (Å²) in [5.74, 6) is 5.61. The molecule has 1 aromatic carbocycles. The Morgan fingerprint density at radius 2 is 1.98 bits per heavy atom. The van der Waals surface area contributed by atoms with Gasteiger partial charge in [-0.05, 0) is 30.3 Å². The molecule has 0 aliphatic carbocycles. The monoisotopic (exact) mass is 614 g/mol. The molecule has 13 nitrogen and oxygen atoms in total. The third-order valence-electron chi connectivity index (χ3n) is 5.30. The summed E-state index contributed by atoms with van der Waals surface area (Å²) in [5.41, 5.74) is 1.24. The molecule has 3 heterocycles. The molecule has 0 fully saturated rings. The van der Waals surface area contributed by atoms with E-state index in [1.165, 1.54) is 30.3 Å². The number of para-hydroxylation sites is 1. The van der Waals surface area contributed by atoms with E-state index in [-0.39, 0.29) is 23.4 Å². The van der Waals surface area contributed by atoms with Gasteiger partial charge in [0.2, 0.25) is 17.7 Å². The molecule has 0 saturated carbocycles. The predicted octanol–water partition coefficient (Wildman–Crippen LogP) is 3.34. The smallest absolute Gasteiger partial charge is 0.257 e. The van der Waals surface area contributed by atoms with Crippen LogP contribution in [0.2, 0.25) is 5.02 Å². The maximum Gasteiger partial charge on any atom is 0.257 e. The van der Waals surface area contributed by atoms with Crippen molar-refractivity contribution in [3.05, 3.63) is 89.6 Å². The van der Waals surface area contributed by atoms with Crippen LogP contribution in [0.4, 0.5) is 5.95 Å². The van der Waals surface area contributed by atoms with E-state index in [1.54, 1.807) is 48.5 Å². The normalized spacial score (nSPS) is 12.7. The number of benzene rings is 1. The van der Waals surface area contributed by atoms with Gasteiger partial charge in [-0.25, -0.2) is 18.1 Å². The van der Waals surface area contributed by atoms with Gasteiger partial charge in [0.25, 0.3) is 10.0 Å². The molecule has 0 amide bonds. The molecule has 0 bridgehead atoms. The van der Waals surface area contributed by atoms with Crippen LogP contribution in [0.15, 0.2) is 89.0 Å². The summed E-state index contributed by atoms with van der Waals surface area (Å²) < 4.78 is 52.2. The number of halogens is 1. The van der Waals surface area contributed by atoms with Gasteiger partial charge in [-0.15, -0.1) is 15.3 Å². The molecule has 3 aromatic heterocycles. The van der Waals surface area contributed by atoms with E-state index in [9.17, 15) is 12.6 Å². The van der Waals surface area contributed by atoms with Gasteiger partial charge >= 0.3 is 0 Å². The van der Waals surface area contributed by atoms with E-state index >= 15 is 0 Å². The first-order valence-electron chi connectivity index (χ1n) is 11.5. The Kier molecular flexibility index (Phi) is 9.11. The largest absolute Gasteiger partial charge is 0.481 e. The van der Waals surface area contributed by atoms with Crippen molar-refractivity contribution in [2.24, 2.45) is 10.9 Å². The summed E-state index contributed by atoms with van der Waals surface area (Å²) in [6.45, 7) is 3.80. The van der Waals surface area contributed by atoms with Crippen molar-refractivity contribution in [2.75, 3.05) is 18.1 Å². The van der Waals surface area contributed by atoms with Crippen LogP contribution in [-0.4, -0.2) is 56.6 Å². The Labute approximate surface area is 242 Å². The lowest BCUT2D eigenvalue weighted by atomic mass is 10.2. The first-order valence-corrected chi connectivity index (χ1v) is 15.0. The fourth-order valence-corrected chi connectivity index (χ4v) is 4.78. The maximum atomic E-state index is 13.0. The minimum absolute atomic E-state index is 0.124. The van der Waals surface area contributed by atoms with Gasteiger partial charge in [-0.1, -0.05) is 30.3 Å². The van der Waals surface area contributed by atoms with E-state index < -0.39 is 20.8 Å². The molecule has 1 unspecified atom stereocenters. The highest BCUT2D eigenvalue weighted by atomic mass is 35.5. The number of nitrogens with one attached hydrogen (secondary N) is 1. The Hall–Kier alpha value is -4.60. The number of aromatic nitrogens is 5. The van der Waals surface area contributed by atoms with Crippen molar-refractivity contribution in [1.82, 2.24) is 24.7 Å². The molecule has 0 spiro atoms. The van der Waals surface area contributed by atoms with Crippen LogP contribution in [0.25, 0.3) is 23.0 Å². The van der Waals surface area contributed by atoms with Crippen LogP contribution < -0.4 is 15.3 Å². The second kappa shape index (κ2) is 12.7. The van der Waals surface area contributed by atoms with E-state index in [0.29, 0.717) is 32.7 Å². The van der Waals surface area contributed by atoms with Crippen molar-refractivity contribution in [3.8, 4) is 23.1 Å². The van der Waals surface area contributed by atoms with Crippen molar-refractivity contribution in [3.63, 3.8) is 0 Å². The second-order valence-electron chi connectivity index (χ2n) is 8.00. The van der Waals surface area contributed by atoms with Gasteiger partial charge in [0.05, 0.1) is 38.9 Å². The molecule has 0 radical (unpaired) electrons. The highest BCUT2D eigenvalue weighted by Crippen LogP contribution is 2.29. The lowest BCUT2D eigenvalue weighted by Crippen LogP contribution is -2.15. The zero-order valence-corrected chi connectivity index (χ0v) is 24.0. The fraction of sp³-hybridized carbons (Fsp3) is 0.0800. The first-order chi connectivity index (χ1) is 19.6. The summed E-state index contributed by atoms with van der Waals surface area (Å²) >= 11 is 6.43. The van der Waals surface area contributed by atoms with Crippen molar-refractivity contribution >= 4 is 50.0 Å². The number of anilines is 1. The molecular weight excluding hydrogens is 592 g/mol. The Bertz CT molecular complexity index is 1770. The van der Waals surface area contributed by atoms with Gasteiger partial charge in [0, 0.05) is 36.4 Å². The second-order valence-corrected chi connectivity index (χ2v) is 11.3. The minimum Gasteiger partial charge on any atom is -0.481 e. The highest BCUT2D eigenvalue weighted by Gasteiger charge is 2.22. The van der Waals surface area contributed by atoms with E-state index in [1.807, 2.05) is 0 Å². The van der Waals surface area contributed by atoms with Crippen molar-refractivity contribution in [2.45, 2.75) is 4.90 Å². The topological polar surface area (TPSA) is 177 Å². The standard InChI is InChI=1S/C25H23ClN8O5S2/c1-16(17-10-12-28-23(14-17)38-2)39-22(30-27)11-13-41(36,37)33-25-32-31-24(20-9-8-18(15-29-20)40(3)35)34(25)21-7-5-4-6-19(21)26/h4-15H,1,27H2,2-3H3,(H,32,33)/b13-11+,30-22-. The molecule has 0 aliphatic heterocycles. The van der Waals surface area contributed by atoms with Gasteiger partial charge < -0.3 is 15.3 Å². The average Bonchev–Trinajstić information content (AvgIpc) is 3.37. The Balaban J connectivity index is 1.62. The summed E-state index contributed by atoms with van der Waals surface area (Å²) in [5, 5.41) is 12.7. The first kappa shape index (κ1) is 29.4. The van der Waals surface area contributed by atoms with Crippen LogP contribution in [0, 0.1) is 0 Å².